The summed E-state index contributed by atoms with van der Waals surface area (Å²) < 4.78 is 0. The van der Waals surface area contributed by atoms with Crippen molar-refractivity contribution in [2.45, 2.75) is 37.8 Å². The summed E-state index contributed by atoms with van der Waals surface area (Å²) in [6.07, 6.45) is 3.86. The molecule has 2 saturated heterocycles. The van der Waals surface area contributed by atoms with Gasteiger partial charge in [0.05, 0.1) is 18.8 Å². The lowest BCUT2D eigenvalue weighted by molar-refractivity contribution is -0.102. The van der Waals surface area contributed by atoms with Gasteiger partial charge >= 0.3 is 0 Å². The third-order valence-electron chi connectivity index (χ3n) is 3.31. The molecule has 0 aromatic heterocycles. The molecular formula is C10H20N2O2. The summed E-state index contributed by atoms with van der Waals surface area (Å²) in [6, 6.07) is 0.136. The summed E-state index contributed by atoms with van der Waals surface area (Å²) in [4.78, 5) is 0. The van der Waals surface area contributed by atoms with E-state index in [1.165, 1.54) is 12.8 Å². The molecule has 0 bridgehead atoms. The van der Waals surface area contributed by atoms with E-state index in [2.05, 4.69) is 10.0 Å². The molecular weight excluding hydrogens is 180 g/mol. The number of hydrogen-bond donors (Lipinski definition) is 2. The van der Waals surface area contributed by atoms with Crippen molar-refractivity contribution in [1.82, 2.24) is 10.0 Å². The Bertz CT molecular complexity index is 183. The van der Waals surface area contributed by atoms with Crippen LogP contribution in [0.2, 0.25) is 0 Å². The first-order valence-corrected chi connectivity index (χ1v) is 5.61. The average molecular weight is 200 g/mol. The molecule has 2 fully saturated rings. The summed E-state index contributed by atoms with van der Waals surface area (Å²) in [5.41, 5.74) is 0. The van der Waals surface area contributed by atoms with Crippen LogP contribution < -0.4 is 0 Å². The summed E-state index contributed by atoms with van der Waals surface area (Å²) >= 11 is 0. The number of rotatable bonds is 2. The van der Waals surface area contributed by atoms with Crippen molar-refractivity contribution in [3.63, 3.8) is 0 Å². The Labute approximate surface area is 85.1 Å². The predicted octanol–water partition coefficient (Wildman–Crippen LogP) is -0.185. The molecule has 0 radical (unpaired) electrons. The Kier molecular flexibility index (Phi) is 3.38. The predicted molar refractivity (Wildman–Crippen MR) is 53.6 cm³/mol. The zero-order valence-corrected chi connectivity index (χ0v) is 8.60. The number of hydrazine groups is 1. The molecule has 2 aliphatic heterocycles. The van der Waals surface area contributed by atoms with Crippen LogP contribution in [0.3, 0.4) is 0 Å². The molecule has 2 aliphatic rings. The zero-order valence-electron chi connectivity index (χ0n) is 8.60. The van der Waals surface area contributed by atoms with Crippen LogP contribution in [0.15, 0.2) is 0 Å². The average Bonchev–Trinajstić information content (AvgIpc) is 2.70. The molecule has 14 heavy (non-hydrogen) atoms. The van der Waals surface area contributed by atoms with Gasteiger partial charge in [-0.05, 0) is 25.7 Å². The van der Waals surface area contributed by atoms with Crippen LogP contribution >= 0.6 is 0 Å². The number of aliphatic hydroxyl groups excluding tert-OH is 2. The maximum atomic E-state index is 9.51. The molecule has 0 amide bonds. The highest BCUT2D eigenvalue weighted by molar-refractivity contribution is 4.81. The van der Waals surface area contributed by atoms with Crippen molar-refractivity contribution in [3.8, 4) is 0 Å². The van der Waals surface area contributed by atoms with Crippen LogP contribution in [0.4, 0.5) is 0 Å². The van der Waals surface area contributed by atoms with Gasteiger partial charge in [0.25, 0.3) is 0 Å². The van der Waals surface area contributed by atoms with Crippen molar-refractivity contribution in [1.29, 1.82) is 0 Å². The second-order valence-electron chi connectivity index (χ2n) is 4.34. The molecule has 4 nitrogen and oxygen atoms in total. The lowest BCUT2D eigenvalue weighted by Gasteiger charge is -2.42. The van der Waals surface area contributed by atoms with Gasteiger partial charge in [-0.15, -0.1) is 0 Å². The molecule has 0 aliphatic carbocycles. The molecule has 2 heterocycles. The second-order valence-corrected chi connectivity index (χ2v) is 4.34. The minimum Gasteiger partial charge on any atom is -0.395 e. The first-order chi connectivity index (χ1) is 6.81. The van der Waals surface area contributed by atoms with Crippen LogP contribution in [0, 0.1) is 0 Å². The van der Waals surface area contributed by atoms with E-state index in [9.17, 15) is 10.2 Å². The molecule has 2 rings (SSSR count). The minimum absolute atomic E-state index is 0.136. The molecule has 2 unspecified atom stereocenters. The van der Waals surface area contributed by atoms with Gasteiger partial charge in [-0.25, -0.2) is 10.0 Å². The Balaban J connectivity index is 1.94. The van der Waals surface area contributed by atoms with E-state index >= 15 is 0 Å². The zero-order chi connectivity index (χ0) is 9.97. The molecule has 82 valence electrons. The molecule has 0 spiro atoms. The molecule has 0 saturated carbocycles. The largest absolute Gasteiger partial charge is 0.395 e. The number of piperidine rings is 1. The lowest BCUT2D eigenvalue weighted by Crippen LogP contribution is -2.54. The van der Waals surface area contributed by atoms with Crippen LogP contribution in [0.1, 0.15) is 25.7 Å². The van der Waals surface area contributed by atoms with Gasteiger partial charge in [-0.1, -0.05) is 0 Å². The summed E-state index contributed by atoms with van der Waals surface area (Å²) in [7, 11) is 0. The van der Waals surface area contributed by atoms with E-state index in [1.54, 1.807) is 0 Å². The monoisotopic (exact) mass is 200 g/mol. The molecule has 0 aromatic carbocycles. The van der Waals surface area contributed by atoms with E-state index in [0.717, 1.165) is 26.1 Å². The smallest absolute Gasteiger partial charge is 0.0601 e. The van der Waals surface area contributed by atoms with Gasteiger partial charge in [0, 0.05) is 19.6 Å². The normalized spacial score (nSPS) is 36.4. The third-order valence-corrected chi connectivity index (χ3v) is 3.31. The third kappa shape index (κ3) is 2.08. The fraction of sp³-hybridized carbons (Fsp3) is 1.00. The second kappa shape index (κ2) is 4.57. The van der Waals surface area contributed by atoms with Gasteiger partial charge in [0.15, 0.2) is 0 Å². The highest BCUT2D eigenvalue weighted by Gasteiger charge is 2.31. The van der Waals surface area contributed by atoms with Crippen LogP contribution in [-0.2, 0) is 0 Å². The first kappa shape index (κ1) is 10.4. The summed E-state index contributed by atoms with van der Waals surface area (Å²) in [6.45, 7) is 3.29. The van der Waals surface area contributed by atoms with Crippen molar-refractivity contribution < 1.29 is 10.2 Å². The van der Waals surface area contributed by atoms with Gasteiger partial charge in [0.1, 0.15) is 0 Å². The van der Waals surface area contributed by atoms with Gasteiger partial charge in [-0.2, -0.15) is 0 Å². The quantitative estimate of drug-likeness (QED) is 0.649. The van der Waals surface area contributed by atoms with Crippen molar-refractivity contribution in [2.75, 3.05) is 26.2 Å². The van der Waals surface area contributed by atoms with Crippen LogP contribution in [0.5, 0.6) is 0 Å². The van der Waals surface area contributed by atoms with Gasteiger partial charge in [0.2, 0.25) is 0 Å². The highest BCUT2D eigenvalue weighted by Crippen LogP contribution is 2.22. The van der Waals surface area contributed by atoms with Gasteiger partial charge < -0.3 is 10.2 Å². The van der Waals surface area contributed by atoms with E-state index in [1.807, 2.05) is 0 Å². The van der Waals surface area contributed by atoms with E-state index < -0.39 is 0 Å². The Hall–Kier alpha value is -0.160. The molecule has 4 heteroatoms. The van der Waals surface area contributed by atoms with Gasteiger partial charge in [-0.3, -0.25) is 0 Å². The maximum absolute atomic E-state index is 9.51. The fourth-order valence-electron chi connectivity index (χ4n) is 2.52. The van der Waals surface area contributed by atoms with E-state index in [0.29, 0.717) is 6.42 Å². The molecule has 2 N–H and O–H groups in total. The van der Waals surface area contributed by atoms with Crippen molar-refractivity contribution in [2.24, 2.45) is 0 Å². The number of hydrogen-bond acceptors (Lipinski definition) is 4. The van der Waals surface area contributed by atoms with Crippen LogP contribution in [-0.4, -0.2) is 58.6 Å². The Morgan fingerprint density at radius 1 is 1.14 bits per heavy atom. The van der Waals surface area contributed by atoms with E-state index in [-0.39, 0.29) is 18.8 Å². The highest BCUT2D eigenvalue weighted by atomic mass is 16.3. The first-order valence-electron chi connectivity index (χ1n) is 5.61. The fourth-order valence-corrected chi connectivity index (χ4v) is 2.52. The molecule has 2 atom stereocenters. The minimum atomic E-state index is -0.217. The number of aliphatic hydroxyl groups is 2. The summed E-state index contributed by atoms with van der Waals surface area (Å²) in [5, 5.41) is 23.4. The standard InChI is InChI=1S/C10H20N2O2/c13-8-9-7-10(14)3-6-12(9)11-4-1-2-5-11/h9-10,13-14H,1-8H2. The summed E-state index contributed by atoms with van der Waals surface area (Å²) in [5.74, 6) is 0. The SMILES string of the molecule is OCC1CC(O)CCN1N1CCCC1. The van der Waals surface area contributed by atoms with E-state index in [4.69, 9.17) is 0 Å². The Morgan fingerprint density at radius 3 is 2.50 bits per heavy atom. The van der Waals surface area contributed by atoms with Crippen molar-refractivity contribution in [3.05, 3.63) is 0 Å². The van der Waals surface area contributed by atoms with Crippen LogP contribution in [0.25, 0.3) is 0 Å². The Morgan fingerprint density at radius 2 is 1.86 bits per heavy atom. The van der Waals surface area contributed by atoms with Crippen molar-refractivity contribution >= 4 is 0 Å². The maximum Gasteiger partial charge on any atom is 0.0601 e. The number of nitrogens with zero attached hydrogens (tertiary/aromatic N) is 2. The topological polar surface area (TPSA) is 46.9 Å². The lowest BCUT2D eigenvalue weighted by atomic mass is 10.0. The molecule has 0 aromatic rings.